The number of aromatic nitrogens is 3. The smallest absolute Gasteiger partial charge is 0.273 e. The van der Waals surface area contributed by atoms with E-state index in [0.717, 1.165) is 5.56 Å². The molecule has 2 rings (SSSR count). The molecule has 2 aromatic heterocycles. The molecule has 0 aromatic carbocycles. The highest BCUT2D eigenvalue weighted by atomic mass is 16.5. The predicted molar refractivity (Wildman–Crippen MR) is 75.8 cm³/mol. The number of amides is 1. The van der Waals surface area contributed by atoms with Crippen LogP contribution >= 0.6 is 0 Å². The van der Waals surface area contributed by atoms with Gasteiger partial charge in [-0.1, -0.05) is 12.1 Å². The molecule has 7 heteroatoms. The van der Waals surface area contributed by atoms with Gasteiger partial charge in [0, 0.05) is 25.4 Å². The molecule has 0 bridgehead atoms. The Labute approximate surface area is 122 Å². The van der Waals surface area contributed by atoms with Crippen LogP contribution in [0.15, 0.2) is 23.0 Å². The Morgan fingerprint density at radius 2 is 2.38 bits per heavy atom. The first kappa shape index (κ1) is 15.2. The second-order valence-corrected chi connectivity index (χ2v) is 5.22. The lowest BCUT2D eigenvalue weighted by molar-refractivity contribution is 0.0936. The third kappa shape index (κ3) is 4.42. The van der Waals surface area contributed by atoms with E-state index in [-0.39, 0.29) is 24.1 Å². The van der Waals surface area contributed by atoms with Crippen molar-refractivity contribution in [2.75, 3.05) is 13.2 Å². The topological polar surface area (TPSA) is 93.2 Å². The maximum atomic E-state index is 11.9. The van der Waals surface area contributed by atoms with Crippen LogP contribution in [0, 0.1) is 12.8 Å². The minimum Gasteiger partial charge on any atom is -0.396 e. The fraction of sp³-hybridized carbons (Fsp3) is 0.500. The van der Waals surface area contributed by atoms with Crippen molar-refractivity contribution < 1.29 is 14.4 Å². The standard InChI is InChI=1S/C14H20N4O3/c1-10(3-4-19)6-15-14(20)13-5-12(21-17-13)9-18-8-11(2)7-16-18/h5,7-8,10,19H,3-4,6,9H2,1-2H3,(H,15,20). The number of hydrogen-bond acceptors (Lipinski definition) is 5. The zero-order chi connectivity index (χ0) is 15.2. The quantitative estimate of drug-likeness (QED) is 0.793. The van der Waals surface area contributed by atoms with E-state index in [4.69, 9.17) is 9.63 Å². The van der Waals surface area contributed by atoms with E-state index >= 15 is 0 Å². The summed E-state index contributed by atoms with van der Waals surface area (Å²) in [6, 6.07) is 1.61. The summed E-state index contributed by atoms with van der Waals surface area (Å²) in [4.78, 5) is 11.9. The number of hydrogen-bond donors (Lipinski definition) is 2. The van der Waals surface area contributed by atoms with Gasteiger partial charge in [0.15, 0.2) is 11.5 Å². The molecule has 0 spiro atoms. The zero-order valence-electron chi connectivity index (χ0n) is 12.2. The fourth-order valence-electron chi connectivity index (χ4n) is 1.89. The second-order valence-electron chi connectivity index (χ2n) is 5.22. The Morgan fingerprint density at radius 1 is 1.57 bits per heavy atom. The summed E-state index contributed by atoms with van der Waals surface area (Å²) in [6.07, 6.45) is 4.30. The van der Waals surface area contributed by atoms with Crippen molar-refractivity contribution in [3.8, 4) is 0 Å². The van der Waals surface area contributed by atoms with E-state index in [1.54, 1.807) is 16.9 Å². The molecule has 2 N–H and O–H groups in total. The van der Waals surface area contributed by atoms with Crippen molar-refractivity contribution in [3.63, 3.8) is 0 Å². The maximum absolute atomic E-state index is 11.9. The van der Waals surface area contributed by atoms with Crippen molar-refractivity contribution in [2.45, 2.75) is 26.8 Å². The minimum absolute atomic E-state index is 0.119. The minimum atomic E-state index is -0.272. The van der Waals surface area contributed by atoms with Gasteiger partial charge in [-0.15, -0.1) is 0 Å². The largest absolute Gasteiger partial charge is 0.396 e. The number of aryl methyl sites for hydroxylation is 1. The van der Waals surface area contributed by atoms with Gasteiger partial charge in [0.05, 0.1) is 6.20 Å². The molecule has 1 atom stereocenters. The van der Waals surface area contributed by atoms with E-state index in [9.17, 15) is 4.79 Å². The molecule has 0 aliphatic rings. The van der Waals surface area contributed by atoms with Gasteiger partial charge in [-0.25, -0.2) is 0 Å². The number of carbonyl (C=O) groups excluding carboxylic acids is 1. The molecule has 21 heavy (non-hydrogen) atoms. The van der Waals surface area contributed by atoms with Crippen LogP contribution in [0.5, 0.6) is 0 Å². The van der Waals surface area contributed by atoms with Gasteiger partial charge in [-0.3, -0.25) is 9.48 Å². The zero-order valence-corrected chi connectivity index (χ0v) is 12.2. The molecule has 0 saturated heterocycles. The Morgan fingerprint density at radius 3 is 3.05 bits per heavy atom. The molecule has 1 unspecified atom stereocenters. The SMILES string of the molecule is Cc1cnn(Cc2cc(C(=O)NCC(C)CCO)no2)c1. The number of aliphatic hydroxyl groups is 1. The molecule has 0 fully saturated rings. The van der Waals surface area contributed by atoms with Gasteiger partial charge in [0.1, 0.15) is 6.54 Å². The average molecular weight is 292 g/mol. The Hall–Kier alpha value is -2.15. The monoisotopic (exact) mass is 292 g/mol. The third-order valence-corrected chi connectivity index (χ3v) is 3.10. The first-order valence-electron chi connectivity index (χ1n) is 6.92. The molecular weight excluding hydrogens is 272 g/mol. The number of nitrogens with one attached hydrogen (secondary N) is 1. The van der Waals surface area contributed by atoms with Crippen LogP contribution in [0.4, 0.5) is 0 Å². The summed E-state index contributed by atoms with van der Waals surface area (Å²) in [5.74, 6) is 0.524. The van der Waals surface area contributed by atoms with Gasteiger partial charge in [-0.2, -0.15) is 5.10 Å². The molecule has 114 valence electrons. The summed E-state index contributed by atoms with van der Waals surface area (Å²) in [7, 11) is 0. The van der Waals surface area contributed by atoms with Crippen LogP contribution in [0.1, 0.15) is 35.2 Å². The average Bonchev–Trinajstić information content (AvgIpc) is 3.06. The highest BCUT2D eigenvalue weighted by Gasteiger charge is 2.13. The van der Waals surface area contributed by atoms with Gasteiger partial charge in [0.25, 0.3) is 5.91 Å². The molecule has 2 aromatic rings. The molecule has 0 radical (unpaired) electrons. The van der Waals surface area contributed by atoms with E-state index < -0.39 is 0 Å². The molecule has 7 nitrogen and oxygen atoms in total. The molecule has 0 saturated carbocycles. The summed E-state index contributed by atoms with van der Waals surface area (Å²) in [6.45, 7) is 4.98. The van der Waals surface area contributed by atoms with E-state index in [2.05, 4.69) is 15.6 Å². The van der Waals surface area contributed by atoms with Crippen LogP contribution < -0.4 is 5.32 Å². The van der Waals surface area contributed by atoms with Gasteiger partial charge >= 0.3 is 0 Å². The number of aliphatic hydroxyl groups excluding tert-OH is 1. The first-order chi connectivity index (χ1) is 10.1. The lowest BCUT2D eigenvalue weighted by Crippen LogP contribution is -2.28. The highest BCUT2D eigenvalue weighted by Crippen LogP contribution is 2.07. The maximum Gasteiger partial charge on any atom is 0.273 e. The van der Waals surface area contributed by atoms with Crippen molar-refractivity contribution >= 4 is 5.91 Å². The Kier molecular flexibility index (Phi) is 5.10. The lowest BCUT2D eigenvalue weighted by Gasteiger charge is -2.09. The van der Waals surface area contributed by atoms with Crippen LogP contribution in [0.2, 0.25) is 0 Å². The Balaban J connectivity index is 1.88. The molecule has 1 amide bonds. The summed E-state index contributed by atoms with van der Waals surface area (Å²) in [5, 5.41) is 19.5. The summed E-state index contributed by atoms with van der Waals surface area (Å²) >= 11 is 0. The normalized spacial score (nSPS) is 12.3. The predicted octanol–water partition coefficient (Wildman–Crippen LogP) is 0.976. The Bertz CT molecular complexity index is 591. The first-order valence-corrected chi connectivity index (χ1v) is 6.92. The number of rotatable bonds is 7. The molecule has 0 aliphatic carbocycles. The summed E-state index contributed by atoms with van der Waals surface area (Å²) < 4.78 is 6.86. The van der Waals surface area contributed by atoms with Crippen molar-refractivity contribution in [3.05, 3.63) is 35.5 Å². The summed E-state index contributed by atoms with van der Waals surface area (Å²) in [5.41, 5.74) is 1.32. The van der Waals surface area contributed by atoms with Gasteiger partial charge in [0.2, 0.25) is 0 Å². The third-order valence-electron chi connectivity index (χ3n) is 3.10. The van der Waals surface area contributed by atoms with Gasteiger partial charge < -0.3 is 14.9 Å². The van der Waals surface area contributed by atoms with Crippen LogP contribution in [0.3, 0.4) is 0 Å². The lowest BCUT2D eigenvalue weighted by atomic mass is 10.1. The van der Waals surface area contributed by atoms with E-state index in [1.807, 2.05) is 20.0 Å². The van der Waals surface area contributed by atoms with Gasteiger partial charge in [-0.05, 0) is 24.8 Å². The number of carbonyl (C=O) groups is 1. The van der Waals surface area contributed by atoms with Crippen molar-refractivity contribution in [1.29, 1.82) is 0 Å². The second kappa shape index (κ2) is 7.03. The molecular formula is C14H20N4O3. The van der Waals surface area contributed by atoms with Crippen molar-refractivity contribution in [1.82, 2.24) is 20.3 Å². The van der Waals surface area contributed by atoms with E-state index in [1.165, 1.54) is 0 Å². The molecule has 2 heterocycles. The fourth-order valence-corrected chi connectivity index (χ4v) is 1.89. The van der Waals surface area contributed by atoms with E-state index in [0.29, 0.717) is 25.3 Å². The molecule has 0 aliphatic heterocycles. The van der Waals surface area contributed by atoms with Crippen LogP contribution in [-0.4, -0.2) is 39.1 Å². The highest BCUT2D eigenvalue weighted by molar-refractivity contribution is 5.92. The number of nitrogens with zero attached hydrogens (tertiary/aromatic N) is 3. The van der Waals surface area contributed by atoms with Crippen molar-refractivity contribution in [2.24, 2.45) is 5.92 Å². The van der Waals surface area contributed by atoms with Crippen LogP contribution in [0.25, 0.3) is 0 Å². The van der Waals surface area contributed by atoms with Crippen LogP contribution in [-0.2, 0) is 6.54 Å².